The Labute approximate surface area is 123 Å². The lowest BCUT2D eigenvalue weighted by Gasteiger charge is -2.09. The predicted molar refractivity (Wildman–Crippen MR) is 84.3 cm³/mol. The van der Waals surface area contributed by atoms with Gasteiger partial charge >= 0.3 is 0 Å². The van der Waals surface area contributed by atoms with Crippen molar-refractivity contribution in [1.29, 1.82) is 0 Å². The van der Waals surface area contributed by atoms with Crippen molar-refractivity contribution in [1.82, 2.24) is 10.2 Å². The highest BCUT2D eigenvalue weighted by Gasteiger charge is 2.12. The molecule has 0 radical (unpaired) electrons. The summed E-state index contributed by atoms with van der Waals surface area (Å²) >= 11 is 0. The maximum absolute atomic E-state index is 12.3. The van der Waals surface area contributed by atoms with E-state index in [1.165, 1.54) is 0 Å². The maximum Gasteiger partial charge on any atom is 0.228 e. The summed E-state index contributed by atoms with van der Waals surface area (Å²) < 4.78 is 0. The molecule has 0 aliphatic rings. The van der Waals surface area contributed by atoms with E-state index in [1.807, 2.05) is 56.3 Å². The zero-order valence-corrected chi connectivity index (χ0v) is 12.1. The molecule has 3 aromatic rings. The third kappa shape index (κ3) is 2.65. The molecule has 0 fully saturated rings. The molecule has 2 aromatic carbocycles. The fourth-order valence-corrected chi connectivity index (χ4v) is 2.52. The van der Waals surface area contributed by atoms with Gasteiger partial charge in [-0.25, -0.2) is 0 Å². The summed E-state index contributed by atoms with van der Waals surface area (Å²) in [6, 6.07) is 13.9. The van der Waals surface area contributed by atoms with Gasteiger partial charge < -0.3 is 5.32 Å². The van der Waals surface area contributed by atoms with Gasteiger partial charge in [0.05, 0.1) is 12.1 Å². The minimum Gasteiger partial charge on any atom is -0.325 e. The third-order valence-electron chi connectivity index (χ3n) is 3.68. The van der Waals surface area contributed by atoms with Crippen LogP contribution in [-0.2, 0) is 11.2 Å². The number of amides is 1. The lowest BCUT2D eigenvalue weighted by molar-refractivity contribution is -0.115. The van der Waals surface area contributed by atoms with E-state index in [2.05, 4.69) is 15.5 Å². The van der Waals surface area contributed by atoms with Crippen molar-refractivity contribution in [3.8, 4) is 0 Å². The summed E-state index contributed by atoms with van der Waals surface area (Å²) in [7, 11) is 0. The lowest BCUT2D eigenvalue weighted by atomic mass is 10.1. The Morgan fingerprint density at radius 2 is 1.90 bits per heavy atom. The molecule has 1 aromatic heterocycles. The second-order valence-electron chi connectivity index (χ2n) is 5.16. The van der Waals surface area contributed by atoms with Crippen LogP contribution < -0.4 is 5.32 Å². The molecule has 0 aliphatic carbocycles. The van der Waals surface area contributed by atoms with Gasteiger partial charge in [0.15, 0.2) is 0 Å². The molecule has 4 heteroatoms. The summed E-state index contributed by atoms with van der Waals surface area (Å²) in [5.74, 6) is -0.0287. The smallest absolute Gasteiger partial charge is 0.228 e. The van der Waals surface area contributed by atoms with Crippen molar-refractivity contribution in [3.63, 3.8) is 0 Å². The Balaban J connectivity index is 1.84. The highest BCUT2D eigenvalue weighted by Crippen LogP contribution is 2.23. The molecule has 0 atom stereocenters. The van der Waals surface area contributed by atoms with Crippen molar-refractivity contribution in [3.05, 3.63) is 59.4 Å². The van der Waals surface area contributed by atoms with Gasteiger partial charge in [-0.2, -0.15) is 5.10 Å². The van der Waals surface area contributed by atoms with E-state index in [0.29, 0.717) is 6.42 Å². The van der Waals surface area contributed by atoms with Crippen molar-refractivity contribution >= 4 is 22.4 Å². The van der Waals surface area contributed by atoms with Crippen molar-refractivity contribution < 1.29 is 4.79 Å². The minimum atomic E-state index is -0.0287. The SMILES string of the molecule is Cc1n[nH]c(C)c1CC(=O)Nc1cccc2ccccc12. The molecule has 1 heterocycles. The van der Waals surface area contributed by atoms with Crippen LogP contribution in [-0.4, -0.2) is 16.1 Å². The molecule has 0 aliphatic heterocycles. The number of fused-ring (bicyclic) bond motifs is 1. The number of hydrogen-bond acceptors (Lipinski definition) is 2. The highest BCUT2D eigenvalue weighted by atomic mass is 16.1. The van der Waals surface area contributed by atoms with Gasteiger partial charge in [0.25, 0.3) is 0 Å². The third-order valence-corrected chi connectivity index (χ3v) is 3.68. The zero-order valence-electron chi connectivity index (χ0n) is 12.1. The van der Waals surface area contributed by atoms with E-state index in [0.717, 1.165) is 33.4 Å². The Morgan fingerprint density at radius 1 is 1.14 bits per heavy atom. The number of carbonyl (C=O) groups is 1. The van der Waals surface area contributed by atoms with E-state index in [-0.39, 0.29) is 5.91 Å². The summed E-state index contributed by atoms with van der Waals surface area (Å²) in [4.78, 5) is 12.3. The molecule has 106 valence electrons. The summed E-state index contributed by atoms with van der Waals surface area (Å²) in [6.45, 7) is 3.84. The Hall–Kier alpha value is -2.62. The molecule has 4 nitrogen and oxygen atoms in total. The van der Waals surface area contributed by atoms with Crippen LogP contribution in [0.15, 0.2) is 42.5 Å². The van der Waals surface area contributed by atoms with E-state index in [9.17, 15) is 4.79 Å². The van der Waals surface area contributed by atoms with Gasteiger partial charge in [0.2, 0.25) is 5.91 Å². The second kappa shape index (κ2) is 5.40. The first-order valence-electron chi connectivity index (χ1n) is 6.93. The molecule has 3 rings (SSSR count). The number of H-pyrrole nitrogens is 1. The molecule has 21 heavy (non-hydrogen) atoms. The number of benzene rings is 2. The fourth-order valence-electron chi connectivity index (χ4n) is 2.52. The van der Waals surface area contributed by atoms with Crippen molar-refractivity contribution in [2.45, 2.75) is 20.3 Å². The topological polar surface area (TPSA) is 57.8 Å². The molecular formula is C17H17N3O. The number of aryl methyl sites for hydroxylation is 2. The van der Waals surface area contributed by atoms with Crippen molar-refractivity contribution in [2.24, 2.45) is 0 Å². The number of hydrogen-bond donors (Lipinski definition) is 2. The van der Waals surface area contributed by atoms with E-state index < -0.39 is 0 Å². The fraction of sp³-hybridized carbons (Fsp3) is 0.176. The number of carbonyl (C=O) groups excluding carboxylic acids is 1. The summed E-state index contributed by atoms with van der Waals surface area (Å²) in [5.41, 5.74) is 3.63. The first-order chi connectivity index (χ1) is 10.1. The van der Waals surface area contributed by atoms with Crippen LogP contribution in [0.5, 0.6) is 0 Å². The average molecular weight is 279 g/mol. The minimum absolute atomic E-state index is 0.0287. The van der Waals surface area contributed by atoms with Crippen LogP contribution in [0.3, 0.4) is 0 Å². The second-order valence-corrected chi connectivity index (χ2v) is 5.16. The van der Waals surface area contributed by atoms with E-state index in [4.69, 9.17) is 0 Å². The molecule has 0 unspecified atom stereocenters. The quantitative estimate of drug-likeness (QED) is 0.772. The lowest BCUT2D eigenvalue weighted by Crippen LogP contribution is -2.15. The van der Waals surface area contributed by atoms with Gasteiger partial charge in [0.1, 0.15) is 0 Å². The van der Waals surface area contributed by atoms with Crippen LogP contribution in [0, 0.1) is 13.8 Å². The maximum atomic E-state index is 12.3. The van der Waals surface area contributed by atoms with Crippen LogP contribution in [0.25, 0.3) is 10.8 Å². The molecule has 0 saturated heterocycles. The van der Waals surface area contributed by atoms with Gasteiger partial charge in [-0.3, -0.25) is 9.89 Å². The van der Waals surface area contributed by atoms with Gasteiger partial charge in [0, 0.05) is 22.3 Å². The van der Waals surface area contributed by atoms with Gasteiger partial charge in [-0.05, 0) is 25.3 Å². The van der Waals surface area contributed by atoms with Crippen LogP contribution in [0.2, 0.25) is 0 Å². The number of aromatic amines is 1. The molecule has 2 N–H and O–H groups in total. The number of nitrogens with one attached hydrogen (secondary N) is 2. The molecule has 0 saturated carbocycles. The van der Waals surface area contributed by atoms with E-state index >= 15 is 0 Å². The first-order valence-corrected chi connectivity index (χ1v) is 6.93. The standard InChI is InChI=1S/C17H17N3O/c1-11-15(12(2)20-19-11)10-17(21)18-16-9-5-7-13-6-3-4-8-14(13)16/h3-9H,10H2,1-2H3,(H,18,21)(H,19,20). The van der Waals surface area contributed by atoms with Gasteiger partial charge in [-0.15, -0.1) is 0 Å². The predicted octanol–water partition coefficient (Wildman–Crippen LogP) is 3.36. The summed E-state index contributed by atoms with van der Waals surface area (Å²) in [6.07, 6.45) is 0.331. The molecule has 0 bridgehead atoms. The Kier molecular flexibility index (Phi) is 3.44. The highest BCUT2D eigenvalue weighted by molar-refractivity contribution is 6.02. The Bertz CT molecular complexity index is 780. The normalized spacial score (nSPS) is 10.8. The Morgan fingerprint density at radius 3 is 2.67 bits per heavy atom. The number of nitrogens with zero attached hydrogens (tertiary/aromatic N) is 1. The number of aromatic nitrogens is 2. The number of rotatable bonds is 3. The number of anilines is 1. The van der Waals surface area contributed by atoms with Crippen LogP contribution in [0.1, 0.15) is 17.0 Å². The largest absolute Gasteiger partial charge is 0.325 e. The summed E-state index contributed by atoms with van der Waals surface area (Å²) in [5, 5.41) is 12.2. The molecule has 0 spiro atoms. The van der Waals surface area contributed by atoms with Crippen molar-refractivity contribution in [2.75, 3.05) is 5.32 Å². The molecular weight excluding hydrogens is 262 g/mol. The first kappa shape index (κ1) is 13.4. The van der Waals surface area contributed by atoms with Gasteiger partial charge in [-0.1, -0.05) is 36.4 Å². The van der Waals surface area contributed by atoms with E-state index in [1.54, 1.807) is 0 Å². The van der Waals surface area contributed by atoms with Crippen LogP contribution >= 0.6 is 0 Å². The van der Waals surface area contributed by atoms with Crippen LogP contribution in [0.4, 0.5) is 5.69 Å². The zero-order chi connectivity index (χ0) is 14.8. The average Bonchev–Trinajstić information content (AvgIpc) is 2.79. The monoisotopic (exact) mass is 279 g/mol. The molecule has 1 amide bonds.